The Morgan fingerprint density at radius 3 is 2.44 bits per heavy atom. The first kappa shape index (κ1) is 20.3. The van der Waals surface area contributed by atoms with Crippen molar-refractivity contribution < 1.29 is 9.53 Å². The van der Waals surface area contributed by atoms with Crippen molar-refractivity contribution in [1.29, 1.82) is 0 Å². The highest BCUT2D eigenvalue weighted by atomic mass is 16.5. The molecule has 8 heteroatoms. The number of rotatable bonds is 4. The maximum atomic E-state index is 13.3. The lowest BCUT2D eigenvalue weighted by atomic mass is 10.1. The molecule has 2 aromatic carbocycles. The van der Waals surface area contributed by atoms with Crippen LogP contribution in [0.4, 0.5) is 0 Å². The Balaban J connectivity index is 1.61. The third-order valence-corrected chi connectivity index (χ3v) is 6.14. The standard InChI is InChI=1S/C24H25N5O3/c1-26-11-13-27(14-12-26)23(30)18-5-8-20-22(15-18)28(24(31)21-9-10-25-29(20)21)16-17-3-6-19(32-2)7-4-17/h3-10,15H,11-14,16H2,1-2H3. The molecule has 0 saturated carbocycles. The van der Waals surface area contributed by atoms with Crippen LogP contribution in [0.2, 0.25) is 0 Å². The quantitative estimate of drug-likeness (QED) is 0.495. The monoisotopic (exact) mass is 431 g/mol. The minimum atomic E-state index is -0.144. The maximum Gasteiger partial charge on any atom is 0.277 e. The number of carbonyl (C=O) groups excluding carboxylic acids is 1. The molecule has 5 rings (SSSR count). The first-order chi connectivity index (χ1) is 15.5. The lowest BCUT2D eigenvalue weighted by molar-refractivity contribution is 0.0664. The number of benzene rings is 2. The third-order valence-electron chi connectivity index (χ3n) is 6.14. The fraction of sp³-hybridized carbons (Fsp3) is 0.292. The van der Waals surface area contributed by atoms with Crippen LogP contribution in [0.1, 0.15) is 15.9 Å². The van der Waals surface area contributed by atoms with Gasteiger partial charge in [-0.2, -0.15) is 5.10 Å². The van der Waals surface area contributed by atoms with E-state index in [0.717, 1.165) is 29.9 Å². The Labute approximate surface area is 185 Å². The zero-order valence-electron chi connectivity index (χ0n) is 18.2. The van der Waals surface area contributed by atoms with Gasteiger partial charge in [-0.25, -0.2) is 4.52 Å². The lowest BCUT2D eigenvalue weighted by Gasteiger charge is -2.32. The predicted octanol–water partition coefficient (Wildman–Crippen LogP) is 2.09. The van der Waals surface area contributed by atoms with Crippen LogP contribution in [0.15, 0.2) is 59.5 Å². The second kappa shape index (κ2) is 8.12. The number of nitrogens with zero attached hydrogens (tertiary/aromatic N) is 5. The summed E-state index contributed by atoms with van der Waals surface area (Å²) in [5, 5.41) is 4.34. The van der Waals surface area contributed by atoms with Crippen LogP contribution in [0, 0.1) is 0 Å². The summed E-state index contributed by atoms with van der Waals surface area (Å²) in [4.78, 5) is 30.6. The van der Waals surface area contributed by atoms with Crippen molar-refractivity contribution in [1.82, 2.24) is 24.0 Å². The minimum absolute atomic E-state index is 0.0102. The van der Waals surface area contributed by atoms with E-state index in [4.69, 9.17) is 4.74 Å². The summed E-state index contributed by atoms with van der Waals surface area (Å²) in [6.07, 6.45) is 1.62. The molecule has 3 heterocycles. The molecule has 4 aromatic rings. The number of fused-ring (bicyclic) bond motifs is 3. The highest BCUT2D eigenvalue weighted by molar-refractivity contribution is 5.97. The molecular formula is C24H25N5O3. The molecule has 1 fully saturated rings. The molecule has 0 atom stereocenters. The van der Waals surface area contributed by atoms with Gasteiger partial charge in [-0.3, -0.25) is 9.59 Å². The summed E-state index contributed by atoms with van der Waals surface area (Å²) in [5.41, 5.74) is 3.37. The molecule has 32 heavy (non-hydrogen) atoms. The van der Waals surface area contributed by atoms with Crippen LogP contribution in [-0.4, -0.2) is 70.2 Å². The average Bonchev–Trinajstić information content (AvgIpc) is 3.32. The van der Waals surface area contributed by atoms with E-state index in [-0.39, 0.29) is 11.5 Å². The SMILES string of the molecule is COc1ccc(Cn2c(=O)c3ccnn3c3ccc(C(=O)N4CCN(C)CC4)cc32)cc1. The fourth-order valence-electron chi connectivity index (χ4n) is 4.22. The molecule has 0 unspecified atom stereocenters. The zero-order valence-corrected chi connectivity index (χ0v) is 18.2. The molecule has 1 saturated heterocycles. The first-order valence-electron chi connectivity index (χ1n) is 10.7. The Hall–Kier alpha value is -3.65. The van der Waals surface area contributed by atoms with Crippen molar-refractivity contribution >= 4 is 22.5 Å². The second-order valence-electron chi connectivity index (χ2n) is 8.17. The summed E-state index contributed by atoms with van der Waals surface area (Å²) in [6, 6.07) is 14.9. The average molecular weight is 431 g/mol. The van der Waals surface area contributed by atoms with E-state index in [1.165, 1.54) is 0 Å². The molecule has 8 nitrogen and oxygen atoms in total. The Morgan fingerprint density at radius 2 is 1.72 bits per heavy atom. The van der Waals surface area contributed by atoms with Gasteiger partial charge in [0.15, 0.2) is 0 Å². The smallest absolute Gasteiger partial charge is 0.277 e. The van der Waals surface area contributed by atoms with Gasteiger partial charge in [-0.1, -0.05) is 12.1 Å². The number of likely N-dealkylation sites (N-methyl/N-ethyl adjacent to an activating group) is 1. The van der Waals surface area contributed by atoms with Gasteiger partial charge in [0, 0.05) is 31.7 Å². The molecule has 0 bridgehead atoms. The van der Waals surface area contributed by atoms with Gasteiger partial charge in [0.05, 0.1) is 30.9 Å². The van der Waals surface area contributed by atoms with E-state index in [1.54, 1.807) is 28.5 Å². The number of amides is 1. The van der Waals surface area contributed by atoms with E-state index in [1.807, 2.05) is 47.4 Å². The highest BCUT2D eigenvalue weighted by Crippen LogP contribution is 2.20. The van der Waals surface area contributed by atoms with E-state index < -0.39 is 0 Å². The number of hydrogen-bond acceptors (Lipinski definition) is 5. The van der Waals surface area contributed by atoms with Crippen molar-refractivity contribution in [2.24, 2.45) is 0 Å². The van der Waals surface area contributed by atoms with Gasteiger partial charge in [0.2, 0.25) is 0 Å². The second-order valence-corrected chi connectivity index (χ2v) is 8.17. The van der Waals surface area contributed by atoms with Crippen molar-refractivity contribution in [2.45, 2.75) is 6.54 Å². The van der Waals surface area contributed by atoms with Crippen molar-refractivity contribution in [3.05, 3.63) is 76.2 Å². The summed E-state index contributed by atoms with van der Waals surface area (Å²) in [7, 11) is 3.69. The van der Waals surface area contributed by atoms with Crippen molar-refractivity contribution in [3.8, 4) is 5.75 Å². The zero-order chi connectivity index (χ0) is 22.2. The molecule has 1 amide bonds. The van der Waals surface area contributed by atoms with E-state index >= 15 is 0 Å². The van der Waals surface area contributed by atoms with E-state index in [0.29, 0.717) is 36.2 Å². The summed E-state index contributed by atoms with van der Waals surface area (Å²) < 4.78 is 8.60. The fourth-order valence-corrected chi connectivity index (χ4v) is 4.22. The van der Waals surface area contributed by atoms with Crippen LogP contribution in [0.3, 0.4) is 0 Å². The number of piperazine rings is 1. The summed E-state index contributed by atoms with van der Waals surface area (Å²) in [6.45, 7) is 3.49. The molecule has 2 aromatic heterocycles. The molecular weight excluding hydrogens is 406 g/mol. The lowest BCUT2D eigenvalue weighted by Crippen LogP contribution is -2.47. The first-order valence-corrected chi connectivity index (χ1v) is 10.7. The summed E-state index contributed by atoms with van der Waals surface area (Å²) in [5.74, 6) is 0.751. The largest absolute Gasteiger partial charge is 0.497 e. The van der Waals surface area contributed by atoms with E-state index in [9.17, 15) is 9.59 Å². The topological polar surface area (TPSA) is 72.1 Å². The number of carbonyl (C=O) groups is 1. The number of methoxy groups -OCH3 is 1. The molecule has 0 aliphatic carbocycles. The minimum Gasteiger partial charge on any atom is -0.497 e. The van der Waals surface area contributed by atoms with Crippen LogP contribution in [0.5, 0.6) is 5.75 Å². The Morgan fingerprint density at radius 1 is 0.969 bits per heavy atom. The molecule has 164 valence electrons. The molecule has 1 aliphatic rings. The Bertz CT molecular complexity index is 1350. The van der Waals surface area contributed by atoms with Crippen LogP contribution >= 0.6 is 0 Å². The normalized spacial score (nSPS) is 14.9. The van der Waals surface area contributed by atoms with Crippen LogP contribution in [0.25, 0.3) is 16.6 Å². The third kappa shape index (κ3) is 3.52. The Kier molecular flexibility index (Phi) is 5.14. The van der Waals surface area contributed by atoms with Crippen LogP contribution in [-0.2, 0) is 6.54 Å². The van der Waals surface area contributed by atoms with Crippen LogP contribution < -0.4 is 10.3 Å². The molecule has 1 aliphatic heterocycles. The maximum absolute atomic E-state index is 13.3. The highest BCUT2D eigenvalue weighted by Gasteiger charge is 2.22. The molecule has 0 spiro atoms. The van der Waals surface area contributed by atoms with Gasteiger partial charge in [-0.15, -0.1) is 0 Å². The van der Waals surface area contributed by atoms with Gasteiger partial charge in [0.25, 0.3) is 11.5 Å². The summed E-state index contributed by atoms with van der Waals surface area (Å²) >= 11 is 0. The number of hydrogen-bond donors (Lipinski definition) is 0. The predicted molar refractivity (Wildman–Crippen MR) is 122 cm³/mol. The van der Waals surface area contributed by atoms with Gasteiger partial charge < -0.3 is 19.1 Å². The van der Waals surface area contributed by atoms with Crippen molar-refractivity contribution in [3.63, 3.8) is 0 Å². The van der Waals surface area contributed by atoms with E-state index in [2.05, 4.69) is 17.0 Å². The molecule has 0 radical (unpaired) electrons. The number of ether oxygens (including phenoxy) is 1. The van der Waals surface area contributed by atoms with Gasteiger partial charge in [-0.05, 0) is 49.0 Å². The molecule has 0 N–H and O–H groups in total. The van der Waals surface area contributed by atoms with Crippen molar-refractivity contribution in [2.75, 3.05) is 40.3 Å². The van der Waals surface area contributed by atoms with Gasteiger partial charge in [0.1, 0.15) is 11.3 Å². The number of aromatic nitrogens is 3. The van der Waals surface area contributed by atoms with Gasteiger partial charge >= 0.3 is 0 Å².